The molecule has 29 heavy (non-hydrogen) atoms. The molecule has 1 aromatic heterocycles. The Morgan fingerprint density at radius 2 is 1.72 bits per heavy atom. The maximum absolute atomic E-state index is 5.70. The SMILES string of the molecule is S=C(NCc1ccc(N2CCCC2)cc1)Nc1ccc(Oc2ccccc2)nc1. The maximum Gasteiger partial charge on any atom is 0.219 e. The first-order valence-electron chi connectivity index (χ1n) is 9.84. The average Bonchev–Trinajstić information content (AvgIpc) is 3.30. The number of ether oxygens (including phenoxy) is 1. The first kappa shape index (κ1) is 19.2. The number of benzene rings is 2. The van der Waals surface area contributed by atoms with Crippen LogP contribution in [0.15, 0.2) is 72.9 Å². The van der Waals surface area contributed by atoms with Crippen LogP contribution in [-0.4, -0.2) is 23.2 Å². The third kappa shape index (κ3) is 5.45. The molecule has 1 fully saturated rings. The fourth-order valence-corrected chi connectivity index (χ4v) is 3.47. The van der Waals surface area contributed by atoms with E-state index in [9.17, 15) is 0 Å². The Balaban J connectivity index is 1.25. The first-order chi connectivity index (χ1) is 14.3. The van der Waals surface area contributed by atoms with Gasteiger partial charge in [0.25, 0.3) is 0 Å². The lowest BCUT2D eigenvalue weighted by atomic mass is 10.2. The maximum atomic E-state index is 5.70. The largest absolute Gasteiger partial charge is 0.439 e. The number of nitrogens with zero attached hydrogens (tertiary/aromatic N) is 2. The predicted molar refractivity (Wildman–Crippen MR) is 122 cm³/mol. The number of para-hydroxylation sites is 1. The Bertz CT molecular complexity index is 923. The summed E-state index contributed by atoms with van der Waals surface area (Å²) in [6, 6.07) is 22.0. The van der Waals surface area contributed by atoms with Gasteiger partial charge in [-0.25, -0.2) is 4.98 Å². The van der Waals surface area contributed by atoms with Gasteiger partial charge in [-0.15, -0.1) is 0 Å². The summed E-state index contributed by atoms with van der Waals surface area (Å²) in [5.74, 6) is 1.30. The van der Waals surface area contributed by atoms with E-state index in [4.69, 9.17) is 17.0 Å². The summed E-state index contributed by atoms with van der Waals surface area (Å²) in [7, 11) is 0. The molecular weight excluding hydrogens is 380 g/mol. The van der Waals surface area contributed by atoms with Crippen LogP contribution < -0.4 is 20.3 Å². The van der Waals surface area contributed by atoms with Crippen molar-refractivity contribution in [3.63, 3.8) is 0 Å². The normalized spacial score (nSPS) is 13.2. The Morgan fingerprint density at radius 3 is 2.41 bits per heavy atom. The second-order valence-corrected chi connectivity index (χ2v) is 7.38. The molecular formula is C23H24N4OS. The van der Waals surface area contributed by atoms with Gasteiger partial charge in [0.1, 0.15) is 5.75 Å². The highest BCUT2D eigenvalue weighted by atomic mass is 32.1. The Labute approximate surface area is 176 Å². The summed E-state index contributed by atoms with van der Waals surface area (Å²) >= 11 is 5.40. The standard InChI is InChI=1S/C23H24N4OS/c29-23(25-16-18-8-11-20(12-9-18)27-14-4-5-15-27)26-19-10-13-22(24-17-19)28-21-6-2-1-3-7-21/h1-3,6-13,17H,4-5,14-16H2,(H2,25,26,29). The van der Waals surface area contributed by atoms with Crippen LogP contribution in [0.1, 0.15) is 18.4 Å². The van der Waals surface area contributed by atoms with Crippen molar-refractivity contribution in [1.29, 1.82) is 0 Å². The lowest BCUT2D eigenvalue weighted by Gasteiger charge is -2.18. The molecule has 0 unspecified atom stereocenters. The Kier molecular flexibility index (Phi) is 6.22. The molecule has 5 nitrogen and oxygen atoms in total. The summed E-state index contributed by atoms with van der Waals surface area (Å²) in [5.41, 5.74) is 3.31. The van der Waals surface area contributed by atoms with Crippen molar-refractivity contribution in [2.75, 3.05) is 23.3 Å². The third-order valence-electron chi connectivity index (χ3n) is 4.82. The minimum atomic E-state index is 0.540. The molecule has 0 radical (unpaired) electrons. The van der Waals surface area contributed by atoms with Gasteiger partial charge in [0, 0.05) is 31.4 Å². The van der Waals surface area contributed by atoms with E-state index in [-0.39, 0.29) is 0 Å². The van der Waals surface area contributed by atoms with Gasteiger partial charge in [0.15, 0.2) is 5.11 Å². The number of anilines is 2. The van der Waals surface area contributed by atoms with E-state index in [0.717, 1.165) is 24.5 Å². The number of hydrogen-bond acceptors (Lipinski definition) is 4. The zero-order valence-electron chi connectivity index (χ0n) is 16.2. The van der Waals surface area contributed by atoms with Crippen molar-refractivity contribution in [2.24, 2.45) is 0 Å². The van der Waals surface area contributed by atoms with Gasteiger partial charge >= 0.3 is 0 Å². The van der Waals surface area contributed by atoms with E-state index in [1.807, 2.05) is 42.5 Å². The van der Waals surface area contributed by atoms with Crippen LogP contribution in [0.4, 0.5) is 11.4 Å². The molecule has 4 rings (SSSR count). The van der Waals surface area contributed by atoms with E-state index in [1.165, 1.54) is 24.1 Å². The van der Waals surface area contributed by atoms with Crippen LogP contribution in [0.3, 0.4) is 0 Å². The van der Waals surface area contributed by atoms with Gasteiger partial charge in [-0.05, 0) is 61.0 Å². The molecule has 6 heteroatoms. The summed E-state index contributed by atoms with van der Waals surface area (Å²) < 4.78 is 5.70. The molecule has 2 heterocycles. The molecule has 0 bridgehead atoms. The molecule has 1 aliphatic heterocycles. The van der Waals surface area contributed by atoms with E-state index in [0.29, 0.717) is 17.5 Å². The lowest BCUT2D eigenvalue weighted by Crippen LogP contribution is -2.28. The Morgan fingerprint density at radius 1 is 0.966 bits per heavy atom. The van der Waals surface area contributed by atoms with Crippen molar-refractivity contribution in [1.82, 2.24) is 10.3 Å². The van der Waals surface area contributed by atoms with E-state index in [2.05, 4.69) is 44.8 Å². The monoisotopic (exact) mass is 404 g/mol. The number of rotatable bonds is 6. The van der Waals surface area contributed by atoms with Gasteiger partial charge in [-0.1, -0.05) is 30.3 Å². The summed E-state index contributed by atoms with van der Waals surface area (Å²) in [4.78, 5) is 6.75. The van der Waals surface area contributed by atoms with Crippen LogP contribution in [0.2, 0.25) is 0 Å². The minimum absolute atomic E-state index is 0.540. The summed E-state index contributed by atoms with van der Waals surface area (Å²) in [6.07, 6.45) is 4.28. The molecule has 0 saturated carbocycles. The highest BCUT2D eigenvalue weighted by Crippen LogP contribution is 2.21. The molecule has 0 spiro atoms. The second-order valence-electron chi connectivity index (χ2n) is 6.97. The van der Waals surface area contributed by atoms with Crippen molar-refractivity contribution in [3.8, 4) is 11.6 Å². The predicted octanol–water partition coefficient (Wildman–Crippen LogP) is 4.96. The number of thiocarbonyl (C=S) groups is 1. The van der Waals surface area contributed by atoms with E-state index >= 15 is 0 Å². The van der Waals surface area contributed by atoms with Crippen LogP contribution in [-0.2, 0) is 6.54 Å². The quantitative estimate of drug-likeness (QED) is 0.566. The van der Waals surface area contributed by atoms with Crippen molar-refractivity contribution < 1.29 is 4.74 Å². The number of nitrogens with one attached hydrogen (secondary N) is 2. The zero-order chi connectivity index (χ0) is 19.9. The summed E-state index contributed by atoms with van der Waals surface area (Å²) in [5, 5.41) is 6.95. The number of pyridine rings is 1. The number of aromatic nitrogens is 1. The minimum Gasteiger partial charge on any atom is -0.439 e. The molecule has 148 valence electrons. The van der Waals surface area contributed by atoms with Crippen LogP contribution in [0.25, 0.3) is 0 Å². The van der Waals surface area contributed by atoms with Gasteiger partial charge in [0.05, 0.1) is 11.9 Å². The van der Waals surface area contributed by atoms with Gasteiger partial charge < -0.3 is 20.3 Å². The molecule has 1 saturated heterocycles. The molecule has 1 aliphatic rings. The molecule has 3 aromatic rings. The summed E-state index contributed by atoms with van der Waals surface area (Å²) in [6.45, 7) is 3.00. The smallest absolute Gasteiger partial charge is 0.219 e. The van der Waals surface area contributed by atoms with Gasteiger partial charge in [0.2, 0.25) is 5.88 Å². The molecule has 2 aromatic carbocycles. The fraction of sp³-hybridized carbons (Fsp3) is 0.217. The topological polar surface area (TPSA) is 49.4 Å². The molecule has 0 amide bonds. The first-order valence-corrected chi connectivity index (χ1v) is 10.2. The molecule has 2 N–H and O–H groups in total. The lowest BCUT2D eigenvalue weighted by molar-refractivity contribution is 0.463. The average molecular weight is 405 g/mol. The Hall–Kier alpha value is -3.12. The van der Waals surface area contributed by atoms with Crippen LogP contribution >= 0.6 is 12.2 Å². The van der Waals surface area contributed by atoms with E-state index in [1.54, 1.807) is 6.20 Å². The molecule has 0 atom stereocenters. The van der Waals surface area contributed by atoms with Gasteiger partial charge in [-0.3, -0.25) is 0 Å². The van der Waals surface area contributed by atoms with Crippen LogP contribution in [0, 0.1) is 0 Å². The van der Waals surface area contributed by atoms with Crippen molar-refractivity contribution in [2.45, 2.75) is 19.4 Å². The fourth-order valence-electron chi connectivity index (χ4n) is 3.28. The third-order valence-corrected chi connectivity index (χ3v) is 5.07. The van der Waals surface area contributed by atoms with E-state index < -0.39 is 0 Å². The zero-order valence-corrected chi connectivity index (χ0v) is 17.0. The van der Waals surface area contributed by atoms with Gasteiger partial charge in [-0.2, -0.15) is 0 Å². The highest BCUT2D eigenvalue weighted by Gasteiger charge is 2.11. The second kappa shape index (κ2) is 9.39. The van der Waals surface area contributed by atoms with Crippen molar-refractivity contribution in [3.05, 3.63) is 78.5 Å². The van der Waals surface area contributed by atoms with Crippen molar-refractivity contribution >= 4 is 28.7 Å². The molecule has 0 aliphatic carbocycles. The highest BCUT2D eigenvalue weighted by molar-refractivity contribution is 7.80. The van der Waals surface area contributed by atoms with Crippen LogP contribution in [0.5, 0.6) is 11.6 Å². The number of hydrogen-bond donors (Lipinski definition) is 2.